The molecule has 0 unspecified atom stereocenters. The second-order valence-electron chi connectivity index (χ2n) is 6.74. The number of carbonyl (C=O) groups excluding carboxylic acids is 1. The molecule has 0 aliphatic carbocycles. The first-order chi connectivity index (χ1) is 11.9. The molecule has 1 aliphatic rings. The maximum Gasteiger partial charge on any atom is 0.257 e. The molecule has 134 valence electrons. The molecule has 6 nitrogen and oxygen atoms in total. The molecule has 0 saturated carbocycles. The summed E-state index contributed by atoms with van der Waals surface area (Å²) in [4.78, 5) is 11.9. The molecule has 2 aromatic rings. The van der Waals surface area contributed by atoms with Crippen molar-refractivity contribution in [1.29, 1.82) is 0 Å². The van der Waals surface area contributed by atoms with Gasteiger partial charge >= 0.3 is 0 Å². The minimum absolute atomic E-state index is 0.100. The van der Waals surface area contributed by atoms with Gasteiger partial charge in [-0.15, -0.1) is 0 Å². The van der Waals surface area contributed by atoms with Crippen LogP contribution in [0.25, 0.3) is 0 Å². The van der Waals surface area contributed by atoms with E-state index in [1.165, 1.54) is 6.26 Å². The van der Waals surface area contributed by atoms with Crippen LogP contribution in [-0.4, -0.2) is 29.8 Å². The third-order valence-corrected chi connectivity index (χ3v) is 4.03. The number of rotatable bonds is 7. The van der Waals surface area contributed by atoms with Gasteiger partial charge < -0.3 is 24.3 Å². The summed E-state index contributed by atoms with van der Waals surface area (Å²) in [5.74, 6) is 1.54. The van der Waals surface area contributed by atoms with Gasteiger partial charge in [-0.3, -0.25) is 4.79 Å². The van der Waals surface area contributed by atoms with Gasteiger partial charge in [0.05, 0.1) is 6.26 Å². The van der Waals surface area contributed by atoms with Crippen molar-refractivity contribution in [3.63, 3.8) is 0 Å². The largest absolute Gasteiger partial charge is 0.483 e. The molecular formula is C19H23NO5. The molecule has 1 aromatic carbocycles. The summed E-state index contributed by atoms with van der Waals surface area (Å²) >= 11 is 0. The Morgan fingerprint density at radius 2 is 2.20 bits per heavy atom. The molecule has 1 aliphatic heterocycles. The molecule has 25 heavy (non-hydrogen) atoms. The standard InChI is InChI=1S/C19H23NO5/c1-19(2)11-13-5-3-6-16(18(13)25-19)24-12-17(22)20-9-8-14(21)15-7-4-10-23-15/h3-7,10,14,21H,8-9,11-12H2,1-2H3,(H,20,22)/t14-/m0/s1. The first-order valence-corrected chi connectivity index (χ1v) is 8.36. The number of hydrogen-bond acceptors (Lipinski definition) is 5. The van der Waals surface area contributed by atoms with E-state index >= 15 is 0 Å². The van der Waals surface area contributed by atoms with Gasteiger partial charge in [-0.1, -0.05) is 12.1 Å². The van der Waals surface area contributed by atoms with Crippen LogP contribution < -0.4 is 14.8 Å². The summed E-state index contributed by atoms with van der Waals surface area (Å²) < 4.78 is 16.6. The van der Waals surface area contributed by atoms with E-state index in [-0.39, 0.29) is 18.1 Å². The molecule has 0 fully saturated rings. The Morgan fingerprint density at radius 3 is 2.96 bits per heavy atom. The monoisotopic (exact) mass is 345 g/mol. The van der Waals surface area contributed by atoms with Crippen molar-refractivity contribution in [1.82, 2.24) is 5.32 Å². The zero-order chi connectivity index (χ0) is 17.9. The smallest absolute Gasteiger partial charge is 0.257 e. The minimum atomic E-state index is -0.732. The highest BCUT2D eigenvalue weighted by Crippen LogP contribution is 2.41. The van der Waals surface area contributed by atoms with Crippen molar-refractivity contribution in [2.75, 3.05) is 13.2 Å². The molecule has 3 rings (SSSR count). The molecule has 1 amide bonds. The van der Waals surface area contributed by atoms with Gasteiger partial charge in [0, 0.05) is 18.5 Å². The van der Waals surface area contributed by atoms with Gasteiger partial charge in [0.15, 0.2) is 18.1 Å². The van der Waals surface area contributed by atoms with Crippen molar-refractivity contribution >= 4 is 5.91 Å². The molecule has 0 spiro atoms. The van der Waals surface area contributed by atoms with Crippen molar-refractivity contribution in [3.8, 4) is 11.5 Å². The number of furan rings is 1. The fourth-order valence-electron chi connectivity index (χ4n) is 2.87. The lowest BCUT2D eigenvalue weighted by molar-refractivity contribution is -0.123. The summed E-state index contributed by atoms with van der Waals surface area (Å²) in [7, 11) is 0. The van der Waals surface area contributed by atoms with Crippen molar-refractivity contribution in [2.24, 2.45) is 0 Å². The van der Waals surface area contributed by atoms with Gasteiger partial charge in [-0.2, -0.15) is 0 Å². The number of amides is 1. The van der Waals surface area contributed by atoms with Crippen LogP contribution in [0.3, 0.4) is 0 Å². The Balaban J connectivity index is 1.45. The van der Waals surface area contributed by atoms with E-state index in [1.54, 1.807) is 18.2 Å². The fourth-order valence-corrected chi connectivity index (χ4v) is 2.87. The Labute approximate surface area is 146 Å². The predicted molar refractivity (Wildman–Crippen MR) is 91.6 cm³/mol. The average Bonchev–Trinajstić information content (AvgIpc) is 3.18. The van der Waals surface area contributed by atoms with E-state index in [1.807, 2.05) is 26.0 Å². The SMILES string of the molecule is CC1(C)Cc2cccc(OCC(=O)NCC[C@H](O)c3ccco3)c2O1. The molecule has 2 N–H and O–H groups in total. The normalized spacial score (nSPS) is 16.0. The zero-order valence-electron chi connectivity index (χ0n) is 14.5. The van der Waals surface area contributed by atoms with Crippen molar-refractivity contribution in [3.05, 3.63) is 47.9 Å². The summed E-state index contributed by atoms with van der Waals surface area (Å²) in [6.45, 7) is 4.28. The molecule has 6 heteroatoms. The maximum absolute atomic E-state index is 11.9. The number of benzene rings is 1. The summed E-state index contributed by atoms with van der Waals surface area (Å²) in [5.41, 5.74) is 0.830. The highest BCUT2D eigenvalue weighted by molar-refractivity contribution is 5.77. The number of para-hydroxylation sites is 1. The number of aliphatic hydroxyl groups is 1. The van der Waals surface area contributed by atoms with Gasteiger partial charge in [0.25, 0.3) is 5.91 Å². The van der Waals surface area contributed by atoms with Crippen LogP contribution in [-0.2, 0) is 11.2 Å². The van der Waals surface area contributed by atoms with Crippen LogP contribution in [0.15, 0.2) is 41.0 Å². The summed E-state index contributed by atoms with van der Waals surface area (Å²) in [6, 6.07) is 9.12. The van der Waals surface area contributed by atoms with Gasteiger partial charge in [-0.05, 0) is 38.5 Å². The van der Waals surface area contributed by atoms with Crippen LogP contribution in [0, 0.1) is 0 Å². The van der Waals surface area contributed by atoms with E-state index in [0.717, 1.165) is 12.0 Å². The second-order valence-corrected chi connectivity index (χ2v) is 6.74. The van der Waals surface area contributed by atoms with E-state index in [0.29, 0.717) is 30.2 Å². The Morgan fingerprint density at radius 1 is 1.36 bits per heavy atom. The van der Waals surface area contributed by atoms with Gasteiger partial charge in [0.2, 0.25) is 0 Å². The third-order valence-electron chi connectivity index (χ3n) is 4.03. The Kier molecular flexibility index (Phi) is 4.99. The molecule has 0 bridgehead atoms. The van der Waals surface area contributed by atoms with Crippen LogP contribution in [0.1, 0.15) is 37.7 Å². The van der Waals surface area contributed by atoms with E-state index < -0.39 is 6.10 Å². The van der Waals surface area contributed by atoms with Gasteiger partial charge in [0.1, 0.15) is 17.5 Å². The lowest BCUT2D eigenvalue weighted by Crippen LogP contribution is -2.30. The highest BCUT2D eigenvalue weighted by Gasteiger charge is 2.32. The fraction of sp³-hybridized carbons (Fsp3) is 0.421. The minimum Gasteiger partial charge on any atom is -0.483 e. The van der Waals surface area contributed by atoms with E-state index in [9.17, 15) is 9.90 Å². The Hall–Kier alpha value is -2.47. The first-order valence-electron chi connectivity index (χ1n) is 8.36. The van der Waals surface area contributed by atoms with Crippen LogP contribution >= 0.6 is 0 Å². The molecular weight excluding hydrogens is 322 g/mol. The lowest BCUT2D eigenvalue weighted by atomic mass is 10.0. The molecule has 0 saturated heterocycles. The number of fused-ring (bicyclic) bond motifs is 1. The average molecular weight is 345 g/mol. The van der Waals surface area contributed by atoms with Crippen LogP contribution in [0.5, 0.6) is 11.5 Å². The second kappa shape index (κ2) is 7.19. The van der Waals surface area contributed by atoms with Crippen LogP contribution in [0.4, 0.5) is 0 Å². The number of ether oxygens (including phenoxy) is 2. The molecule has 0 radical (unpaired) electrons. The van der Waals surface area contributed by atoms with E-state index in [4.69, 9.17) is 13.9 Å². The zero-order valence-corrected chi connectivity index (χ0v) is 14.5. The number of carbonyl (C=O) groups is 1. The van der Waals surface area contributed by atoms with Crippen LogP contribution in [0.2, 0.25) is 0 Å². The quantitative estimate of drug-likeness (QED) is 0.806. The highest BCUT2D eigenvalue weighted by atomic mass is 16.5. The molecule has 1 aromatic heterocycles. The first kappa shape index (κ1) is 17.4. The van der Waals surface area contributed by atoms with Gasteiger partial charge in [-0.25, -0.2) is 0 Å². The maximum atomic E-state index is 11.9. The predicted octanol–water partition coefficient (Wildman–Crippen LogP) is 2.61. The summed E-state index contributed by atoms with van der Waals surface area (Å²) in [6.07, 6.45) is 1.96. The Bertz CT molecular complexity index is 723. The van der Waals surface area contributed by atoms with Crippen molar-refractivity contribution in [2.45, 2.75) is 38.4 Å². The van der Waals surface area contributed by atoms with E-state index in [2.05, 4.69) is 5.32 Å². The molecule has 1 atom stereocenters. The molecule has 2 heterocycles. The number of aliphatic hydroxyl groups excluding tert-OH is 1. The number of hydrogen-bond donors (Lipinski definition) is 2. The third kappa shape index (κ3) is 4.33. The topological polar surface area (TPSA) is 80.9 Å². The lowest BCUT2D eigenvalue weighted by Gasteiger charge is -2.18. The summed E-state index contributed by atoms with van der Waals surface area (Å²) in [5, 5.41) is 12.6. The number of nitrogens with one attached hydrogen (secondary N) is 1. The van der Waals surface area contributed by atoms with Crippen molar-refractivity contribution < 1.29 is 23.8 Å².